The van der Waals surface area contributed by atoms with Crippen molar-refractivity contribution in [2.24, 2.45) is 5.92 Å². The van der Waals surface area contributed by atoms with Crippen LogP contribution in [0.4, 0.5) is 5.69 Å². The second kappa shape index (κ2) is 10.7. The first-order valence-corrected chi connectivity index (χ1v) is 12.0. The van der Waals surface area contributed by atoms with Crippen molar-refractivity contribution in [2.75, 3.05) is 11.9 Å². The Morgan fingerprint density at radius 1 is 1.00 bits per heavy atom. The van der Waals surface area contributed by atoms with E-state index in [2.05, 4.69) is 52.1 Å². The quantitative estimate of drug-likeness (QED) is 0.263. The third kappa shape index (κ3) is 6.27. The summed E-state index contributed by atoms with van der Waals surface area (Å²) < 4.78 is 0. The van der Waals surface area contributed by atoms with Crippen LogP contribution in [0.3, 0.4) is 0 Å². The van der Waals surface area contributed by atoms with Gasteiger partial charge in [0.2, 0.25) is 0 Å². The van der Waals surface area contributed by atoms with E-state index in [4.69, 9.17) is 5.11 Å². The van der Waals surface area contributed by atoms with Gasteiger partial charge >= 0.3 is 5.97 Å². The van der Waals surface area contributed by atoms with Gasteiger partial charge in [-0.2, -0.15) is 0 Å². The average Bonchev–Trinajstić information content (AvgIpc) is 2.81. The molecule has 0 fully saturated rings. The third-order valence-corrected chi connectivity index (χ3v) is 5.96. The van der Waals surface area contributed by atoms with Crippen LogP contribution in [0.2, 0.25) is 0 Å². The van der Waals surface area contributed by atoms with Crippen LogP contribution >= 0.6 is 0 Å². The molecule has 35 heavy (non-hydrogen) atoms. The van der Waals surface area contributed by atoms with Crippen LogP contribution in [-0.2, 0) is 5.41 Å². The van der Waals surface area contributed by atoms with Crippen LogP contribution in [0.5, 0.6) is 0 Å². The number of carbonyl (C=O) groups is 2. The number of ketones is 1. The molecule has 0 amide bonds. The van der Waals surface area contributed by atoms with Gasteiger partial charge in [-0.15, -0.1) is 0 Å². The first-order valence-electron chi connectivity index (χ1n) is 12.0. The highest BCUT2D eigenvalue weighted by Gasteiger charge is 2.27. The highest BCUT2D eigenvalue weighted by Crippen LogP contribution is 2.41. The summed E-state index contributed by atoms with van der Waals surface area (Å²) in [7, 11) is 0. The zero-order valence-corrected chi connectivity index (χ0v) is 21.5. The number of rotatable bonds is 8. The summed E-state index contributed by atoms with van der Waals surface area (Å²) in [4.78, 5) is 24.5. The number of carbonyl (C=O) groups excluding carboxylic acids is 1. The van der Waals surface area contributed by atoms with Gasteiger partial charge in [0.1, 0.15) is 0 Å². The van der Waals surface area contributed by atoms with E-state index in [1.807, 2.05) is 31.2 Å². The summed E-state index contributed by atoms with van der Waals surface area (Å²) in [5, 5.41) is 12.8. The lowest BCUT2D eigenvalue weighted by atomic mass is 9.78. The summed E-state index contributed by atoms with van der Waals surface area (Å²) >= 11 is 0. The van der Waals surface area contributed by atoms with Crippen LogP contribution in [-0.4, -0.2) is 23.4 Å². The molecule has 0 bridgehead atoms. The van der Waals surface area contributed by atoms with E-state index in [1.54, 1.807) is 24.3 Å². The standard InChI is InChI=1S/C31H35NO3/c1-20(2)19-32-29-26(23-10-8-7-9-11-23)18-25(21(3)28(29)31(4,5)6)27(33)17-14-22-12-15-24(16-13-22)30(34)35/h7-18,20,32H,19H2,1-6H3,(H,34,35). The van der Waals surface area contributed by atoms with Crippen LogP contribution in [0, 0.1) is 12.8 Å². The molecule has 3 aromatic rings. The average molecular weight is 470 g/mol. The molecule has 182 valence electrons. The zero-order chi connectivity index (χ0) is 25.8. The minimum atomic E-state index is -0.971. The molecular weight excluding hydrogens is 434 g/mol. The van der Waals surface area contributed by atoms with Gasteiger partial charge in [0, 0.05) is 23.4 Å². The zero-order valence-electron chi connectivity index (χ0n) is 21.5. The van der Waals surface area contributed by atoms with Crippen molar-refractivity contribution in [3.63, 3.8) is 0 Å². The number of nitrogens with one attached hydrogen (secondary N) is 1. The molecule has 0 radical (unpaired) electrons. The van der Waals surface area contributed by atoms with E-state index in [-0.39, 0.29) is 16.8 Å². The Labute approximate surface area is 208 Å². The van der Waals surface area contributed by atoms with Crippen molar-refractivity contribution >= 4 is 23.5 Å². The van der Waals surface area contributed by atoms with E-state index < -0.39 is 5.97 Å². The normalized spacial score (nSPS) is 11.7. The third-order valence-electron chi connectivity index (χ3n) is 5.96. The van der Waals surface area contributed by atoms with Crippen molar-refractivity contribution in [1.82, 2.24) is 0 Å². The maximum absolute atomic E-state index is 13.5. The molecule has 3 aromatic carbocycles. The van der Waals surface area contributed by atoms with Gasteiger partial charge in [0.25, 0.3) is 0 Å². The second-order valence-corrected chi connectivity index (χ2v) is 10.4. The topological polar surface area (TPSA) is 66.4 Å². The van der Waals surface area contributed by atoms with Crippen LogP contribution in [0.25, 0.3) is 17.2 Å². The summed E-state index contributed by atoms with van der Waals surface area (Å²) in [5.74, 6) is -0.576. The molecule has 2 N–H and O–H groups in total. The molecule has 0 spiro atoms. The predicted molar refractivity (Wildman–Crippen MR) is 145 cm³/mol. The van der Waals surface area contributed by atoms with Crippen LogP contribution in [0.1, 0.15) is 72.0 Å². The van der Waals surface area contributed by atoms with Crippen LogP contribution in [0.15, 0.2) is 66.7 Å². The molecule has 0 atom stereocenters. The predicted octanol–water partition coefficient (Wildman–Crippen LogP) is 7.62. The van der Waals surface area contributed by atoms with Gasteiger partial charge in [-0.1, -0.05) is 83.2 Å². The molecule has 0 heterocycles. The number of aromatic carboxylic acids is 1. The van der Waals surface area contributed by atoms with Crippen molar-refractivity contribution in [3.05, 3.63) is 94.6 Å². The van der Waals surface area contributed by atoms with Crippen molar-refractivity contribution < 1.29 is 14.7 Å². The summed E-state index contributed by atoms with van der Waals surface area (Å²) in [6.07, 6.45) is 3.30. The Kier molecular flexibility index (Phi) is 7.96. The Balaban J connectivity index is 2.13. The van der Waals surface area contributed by atoms with E-state index in [1.165, 1.54) is 12.1 Å². The van der Waals surface area contributed by atoms with E-state index in [9.17, 15) is 9.59 Å². The maximum atomic E-state index is 13.5. The number of allylic oxidation sites excluding steroid dienone is 1. The molecule has 0 saturated heterocycles. The highest BCUT2D eigenvalue weighted by molar-refractivity contribution is 6.09. The summed E-state index contributed by atoms with van der Waals surface area (Å²) in [6.45, 7) is 13.8. The highest BCUT2D eigenvalue weighted by atomic mass is 16.4. The number of hydrogen-bond donors (Lipinski definition) is 2. The molecule has 0 aliphatic heterocycles. The van der Waals surface area contributed by atoms with Crippen molar-refractivity contribution in [2.45, 2.75) is 47.0 Å². The Bertz CT molecular complexity index is 1230. The molecule has 0 unspecified atom stereocenters. The fraction of sp³-hybridized carbons (Fsp3) is 0.290. The second-order valence-electron chi connectivity index (χ2n) is 10.4. The fourth-order valence-corrected chi connectivity index (χ4v) is 4.31. The fourth-order valence-electron chi connectivity index (χ4n) is 4.31. The van der Waals surface area contributed by atoms with Gasteiger partial charge in [-0.25, -0.2) is 4.79 Å². The smallest absolute Gasteiger partial charge is 0.335 e. The van der Waals surface area contributed by atoms with Crippen LogP contribution < -0.4 is 5.32 Å². The molecular formula is C31H35NO3. The summed E-state index contributed by atoms with van der Waals surface area (Å²) in [6, 6.07) is 18.7. The van der Waals surface area contributed by atoms with E-state index in [0.29, 0.717) is 11.5 Å². The molecule has 0 aliphatic rings. The first kappa shape index (κ1) is 26.0. The monoisotopic (exact) mass is 469 g/mol. The van der Waals surface area contributed by atoms with Gasteiger partial charge in [-0.3, -0.25) is 4.79 Å². The number of benzene rings is 3. The molecule has 0 aromatic heterocycles. The van der Waals surface area contributed by atoms with Gasteiger partial charge in [0.05, 0.1) is 5.56 Å². The molecule has 0 aliphatic carbocycles. The Morgan fingerprint density at radius 3 is 2.17 bits per heavy atom. The number of carboxylic acid groups (broad SMARTS) is 1. The van der Waals surface area contributed by atoms with E-state index in [0.717, 1.165) is 40.0 Å². The molecule has 4 heteroatoms. The minimum absolute atomic E-state index is 0.0806. The number of hydrogen-bond acceptors (Lipinski definition) is 3. The van der Waals surface area contributed by atoms with Gasteiger partial charge < -0.3 is 10.4 Å². The van der Waals surface area contributed by atoms with Crippen molar-refractivity contribution in [1.29, 1.82) is 0 Å². The molecule has 0 saturated carbocycles. The molecule has 4 nitrogen and oxygen atoms in total. The van der Waals surface area contributed by atoms with Crippen molar-refractivity contribution in [3.8, 4) is 11.1 Å². The molecule has 3 rings (SSSR count). The van der Waals surface area contributed by atoms with Gasteiger partial charge in [-0.05, 0) is 64.8 Å². The largest absolute Gasteiger partial charge is 0.478 e. The maximum Gasteiger partial charge on any atom is 0.335 e. The summed E-state index contributed by atoms with van der Waals surface area (Å²) in [5.41, 5.74) is 6.76. The first-order chi connectivity index (χ1) is 16.5. The lowest BCUT2D eigenvalue weighted by molar-refractivity contribution is 0.0696. The number of carboxylic acids is 1. The SMILES string of the molecule is Cc1c(C(=O)C=Cc2ccc(C(=O)O)cc2)cc(-c2ccccc2)c(NCC(C)C)c1C(C)(C)C. The lowest BCUT2D eigenvalue weighted by Gasteiger charge is -2.30. The Hall–Kier alpha value is -3.66. The van der Waals surface area contributed by atoms with Gasteiger partial charge in [0.15, 0.2) is 5.78 Å². The Morgan fingerprint density at radius 2 is 1.63 bits per heavy atom. The number of anilines is 1. The van der Waals surface area contributed by atoms with E-state index >= 15 is 0 Å². The lowest BCUT2D eigenvalue weighted by Crippen LogP contribution is -2.21. The minimum Gasteiger partial charge on any atom is -0.478 e.